The van der Waals surface area contributed by atoms with Gasteiger partial charge in [-0.25, -0.2) is 9.97 Å². The van der Waals surface area contributed by atoms with Crippen molar-refractivity contribution < 1.29 is 4.74 Å². The topological polar surface area (TPSA) is 58.8 Å². The van der Waals surface area contributed by atoms with E-state index in [0.717, 1.165) is 17.7 Å². The van der Waals surface area contributed by atoms with Gasteiger partial charge in [0.25, 0.3) is 0 Å². The number of aromatic nitrogens is 2. The van der Waals surface area contributed by atoms with E-state index in [-0.39, 0.29) is 0 Å². The van der Waals surface area contributed by atoms with Gasteiger partial charge in [0.15, 0.2) is 11.2 Å². The molecule has 0 atom stereocenters. The van der Waals surface area contributed by atoms with Crippen molar-refractivity contribution in [3.05, 3.63) is 47.9 Å². The normalized spacial score (nSPS) is 16.2. The summed E-state index contributed by atoms with van der Waals surface area (Å²) in [6.07, 6.45) is 2.73. The zero-order chi connectivity index (χ0) is 14.0. The first-order valence-electron chi connectivity index (χ1n) is 6.69. The number of aryl methyl sites for hydroxylation is 1. The first kappa shape index (κ1) is 12.8. The molecule has 100 valence electrons. The van der Waals surface area contributed by atoms with Crippen molar-refractivity contribution >= 4 is 0 Å². The lowest BCUT2D eigenvalue weighted by atomic mass is 9.87. The molecule has 0 amide bonds. The Balaban J connectivity index is 1.96. The fourth-order valence-electron chi connectivity index (χ4n) is 2.21. The summed E-state index contributed by atoms with van der Waals surface area (Å²) < 4.78 is 5.16. The van der Waals surface area contributed by atoms with Crippen molar-refractivity contribution in [1.82, 2.24) is 9.97 Å². The first-order chi connectivity index (χ1) is 9.77. The predicted octanol–water partition coefficient (Wildman–Crippen LogP) is 2.50. The molecule has 0 radical (unpaired) electrons. The lowest BCUT2D eigenvalue weighted by Crippen LogP contribution is -2.46. The Kier molecular flexibility index (Phi) is 3.21. The zero-order valence-electron chi connectivity index (χ0n) is 11.3. The van der Waals surface area contributed by atoms with E-state index in [1.807, 2.05) is 6.07 Å². The summed E-state index contributed by atoms with van der Waals surface area (Å²) in [5.74, 6) is 0.559. The third-order valence-corrected chi connectivity index (χ3v) is 3.65. The van der Waals surface area contributed by atoms with Gasteiger partial charge in [-0.15, -0.1) is 0 Å². The third-order valence-electron chi connectivity index (χ3n) is 3.65. The van der Waals surface area contributed by atoms with E-state index in [1.54, 1.807) is 6.20 Å². The van der Waals surface area contributed by atoms with E-state index in [9.17, 15) is 5.26 Å². The van der Waals surface area contributed by atoms with E-state index >= 15 is 0 Å². The summed E-state index contributed by atoms with van der Waals surface area (Å²) >= 11 is 0. The molecule has 0 bridgehead atoms. The van der Waals surface area contributed by atoms with Gasteiger partial charge in [-0.05, 0) is 18.1 Å². The van der Waals surface area contributed by atoms with Crippen molar-refractivity contribution in [2.75, 3.05) is 13.2 Å². The van der Waals surface area contributed by atoms with Gasteiger partial charge in [0.1, 0.15) is 0 Å². The highest BCUT2D eigenvalue weighted by Gasteiger charge is 2.43. The standard InChI is InChI=1S/C16H15N3O/c1-2-12-3-5-13(6-4-12)14-7-8-18-15(19-14)16(9-17)10-20-11-16/h3-8H,2,10-11H2,1H3. The van der Waals surface area contributed by atoms with Crippen molar-refractivity contribution in [3.63, 3.8) is 0 Å². The zero-order valence-corrected chi connectivity index (χ0v) is 11.3. The molecule has 1 aliphatic rings. The van der Waals surface area contributed by atoms with Crippen LogP contribution in [0.15, 0.2) is 36.5 Å². The number of rotatable bonds is 3. The number of benzene rings is 1. The molecule has 1 fully saturated rings. The molecule has 1 aliphatic heterocycles. The van der Waals surface area contributed by atoms with Gasteiger partial charge in [-0.3, -0.25) is 0 Å². The third kappa shape index (κ3) is 2.06. The maximum absolute atomic E-state index is 9.31. The number of nitrogens with zero attached hydrogens (tertiary/aromatic N) is 3. The maximum atomic E-state index is 9.31. The average molecular weight is 265 g/mol. The second kappa shape index (κ2) is 5.03. The molecule has 20 heavy (non-hydrogen) atoms. The van der Waals surface area contributed by atoms with E-state index in [1.165, 1.54) is 5.56 Å². The fourth-order valence-corrected chi connectivity index (χ4v) is 2.21. The molecule has 0 N–H and O–H groups in total. The minimum absolute atomic E-state index is 0.377. The molecule has 1 aromatic heterocycles. The molecule has 4 heteroatoms. The van der Waals surface area contributed by atoms with Gasteiger partial charge in [0.2, 0.25) is 0 Å². The van der Waals surface area contributed by atoms with Gasteiger partial charge in [0, 0.05) is 11.8 Å². The Morgan fingerprint density at radius 2 is 2.00 bits per heavy atom. The van der Waals surface area contributed by atoms with Crippen LogP contribution in [0, 0.1) is 11.3 Å². The highest BCUT2D eigenvalue weighted by atomic mass is 16.5. The number of hydrogen-bond acceptors (Lipinski definition) is 4. The van der Waals surface area contributed by atoms with Crippen LogP contribution in [-0.2, 0) is 16.6 Å². The Labute approximate surface area is 118 Å². The second-order valence-corrected chi connectivity index (χ2v) is 5.00. The Hall–Kier alpha value is -2.25. The van der Waals surface area contributed by atoms with Gasteiger partial charge in [0.05, 0.1) is 25.0 Å². The van der Waals surface area contributed by atoms with Gasteiger partial charge < -0.3 is 4.74 Å². The Bertz CT molecular complexity index is 654. The van der Waals surface area contributed by atoms with Gasteiger partial charge >= 0.3 is 0 Å². The molecule has 0 unspecified atom stereocenters. The summed E-state index contributed by atoms with van der Waals surface area (Å²) in [7, 11) is 0. The SMILES string of the molecule is CCc1ccc(-c2ccnc(C3(C#N)COC3)n2)cc1. The van der Waals surface area contributed by atoms with Crippen molar-refractivity contribution in [2.24, 2.45) is 0 Å². The quantitative estimate of drug-likeness (QED) is 0.855. The van der Waals surface area contributed by atoms with Crippen LogP contribution in [0.2, 0.25) is 0 Å². The van der Waals surface area contributed by atoms with E-state index in [2.05, 4.69) is 47.2 Å². The molecule has 4 nitrogen and oxygen atoms in total. The smallest absolute Gasteiger partial charge is 0.163 e. The van der Waals surface area contributed by atoms with Crippen LogP contribution in [0.5, 0.6) is 0 Å². The lowest BCUT2D eigenvalue weighted by Gasteiger charge is -2.33. The number of nitriles is 1. The van der Waals surface area contributed by atoms with E-state index < -0.39 is 5.41 Å². The molecule has 2 aromatic rings. The molecule has 0 saturated carbocycles. The average Bonchev–Trinajstić information content (AvgIpc) is 2.47. The van der Waals surface area contributed by atoms with Gasteiger partial charge in [-0.1, -0.05) is 31.2 Å². The second-order valence-electron chi connectivity index (χ2n) is 5.00. The monoisotopic (exact) mass is 265 g/mol. The van der Waals surface area contributed by atoms with Crippen LogP contribution in [0.25, 0.3) is 11.3 Å². The Morgan fingerprint density at radius 3 is 2.55 bits per heavy atom. The molecule has 0 aliphatic carbocycles. The molecule has 1 saturated heterocycles. The van der Waals surface area contributed by atoms with Gasteiger partial charge in [-0.2, -0.15) is 5.26 Å². The highest BCUT2D eigenvalue weighted by Crippen LogP contribution is 2.30. The molecule has 1 aromatic carbocycles. The molecular weight excluding hydrogens is 250 g/mol. The van der Waals surface area contributed by atoms with Crippen LogP contribution < -0.4 is 0 Å². The molecule has 0 spiro atoms. The molecule has 3 rings (SSSR count). The fraction of sp³-hybridized carbons (Fsp3) is 0.312. The van der Waals surface area contributed by atoms with Crippen LogP contribution >= 0.6 is 0 Å². The summed E-state index contributed by atoms with van der Waals surface area (Å²) in [5, 5.41) is 9.31. The van der Waals surface area contributed by atoms with Crippen molar-refractivity contribution in [2.45, 2.75) is 18.8 Å². The number of hydrogen-bond donors (Lipinski definition) is 0. The summed E-state index contributed by atoms with van der Waals surface area (Å²) in [6, 6.07) is 12.5. The minimum Gasteiger partial charge on any atom is -0.377 e. The van der Waals surface area contributed by atoms with E-state index in [0.29, 0.717) is 19.0 Å². The van der Waals surface area contributed by atoms with Crippen LogP contribution in [0.1, 0.15) is 18.3 Å². The van der Waals surface area contributed by atoms with E-state index in [4.69, 9.17) is 4.74 Å². The van der Waals surface area contributed by atoms with Crippen LogP contribution in [-0.4, -0.2) is 23.2 Å². The van der Waals surface area contributed by atoms with Crippen LogP contribution in [0.4, 0.5) is 0 Å². The first-order valence-corrected chi connectivity index (χ1v) is 6.69. The molecular formula is C16H15N3O. The predicted molar refractivity (Wildman–Crippen MR) is 75.0 cm³/mol. The summed E-state index contributed by atoms with van der Waals surface area (Å²) in [6.45, 7) is 2.88. The Morgan fingerprint density at radius 1 is 1.25 bits per heavy atom. The molecule has 2 heterocycles. The maximum Gasteiger partial charge on any atom is 0.163 e. The highest BCUT2D eigenvalue weighted by molar-refractivity contribution is 5.59. The minimum atomic E-state index is -0.667. The largest absolute Gasteiger partial charge is 0.377 e. The lowest BCUT2D eigenvalue weighted by molar-refractivity contribution is -0.0338. The summed E-state index contributed by atoms with van der Waals surface area (Å²) in [5.41, 5.74) is 2.52. The van der Waals surface area contributed by atoms with Crippen molar-refractivity contribution in [3.8, 4) is 17.3 Å². The van der Waals surface area contributed by atoms with Crippen molar-refractivity contribution in [1.29, 1.82) is 5.26 Å². The van der Waals surface area contributed by atoms with Crippen LogP contribution in [0.3, 0.4) is 0 Å². The summed E-state index contributed by atoms with van der Waals surface area (Å²) in [4.78, 5) is 8.80. The number of ether oxygens (including phenoxy) is 1.